The second kappa shape index (κ2) is 9.56. The van der Waals surface area contributed by atoms with E-state index in [0.29, 0.717) is 12.5 Å². The summed E-state index contributed by atoms with van der Waals surface area (Å²) in [6.07, 6.45) is 3.38. The van der Waals surface area contributed by atoms with Crippen LogP contribution in [0.15, 0.2) is 90.1 Å². The fourth-order valence-corrected chi connectivity index (χ4v) is 2.64. The number of aryl methyl sites for hydroxylation is 3. The molecule has 3 nitrogen and oxygen atoms in total. The van der Waals surface area contributed by atoms with Crippen molar-refractivity contribution >= 4 is 11.6 Å². The smallest absolute Gasteiger partial charge is 0.222 e. The summed E-state index contributed by atoms with van der Waals surface area (Å²) in [6.45, 7) is 6.70. The van der Waals surface area contributed by atoms with Gasteiger partial charge in [-0.3, -0.25) is 0 Å². The zero-order valence-electron chi connectivity index (χ0n) is 16.6. The zero-order chi connectivity index (χ0) is 19.8. The molecule has 0 aliphatic rings. The average Bonchev–Trinajstić information content (AvgIpc) is 2.69. The summed E-state index contributed by atoms with van der Waals surface area (Å²) in [5.41, 5.74) is 5.52. The lowest BCUT2D eigenvalue weighted by Crippen LogP contribution is -2.05. The van der Waals surface area contributed by atoms with Gasteiger partial charge in [0.2, 0.25) is 5.90 Å². The van der Waals surface area contributed by atoms with Crippen molar-refractivity contribution in [2.75, 3.05) is 0 Å². The summed E-state index contributed by atoms with van der Waals surface area (Å²) in [5.74, 6) is 1.22. The summed E-state index contributed by atoms with van der Waals surface area (Å²) in [7, 11) is 0. The van der Waals surface area contributed by atoms with Gasteiger partial charge in [0.25, 0.3) is 0 Å². The van der Waals surface area contributed by atoms with Crippen LogP contribution in [0.4, 0.5) is 5.69 Å². The Labute approximate surface area is 167 Å². The summed E-state index contributed by atoms with van der Waals surface area (Å²) in [5, 5.41) is 0. The number of hydrogen-bond donors (Lipinski definition) is 0. The highest BCUT2D eigenvalue weighted by atomic mass is 16.5. The van der Waals surface area contributed by atoms with Gasteiger partial charge in [-0.05, 0) is 67.3 Å². The maximum Gasteiger partial charge on any atom is 0.222 e. The van der Waals surface area contributed by atoms with E-state index in [-0.39, 0.29) is 0 Å². The number of ether oxygens (including phenoxy) is 2. The second-order valence-electron chi connectivity index (χ2n) is 6.74. The normalized spacial score (nSPS) is 11.6. The van der Waals surface area contributed by atoms with Gasteiger partial charge in [-0.25, -0.2) is 4.99 Å². The van der Waals surface area contributed by atoms with Gasteiger partial charge in [0.1, 0.15) is 12.4 Å². The third-order valence-corrected chi connectivity index (χ3v) is 4.34. The quantitative estimate of drug-likeness (QED) is 0.283. The van der Waals surface area contributed by atoms with Gasteiger partial charge in [0.05, 0.1) is 11.9 Å². The van der Waals surface area contributed by atoms with Crippen molar-refractivity contribution in [1.29, 1.82) is 0 Å². The Balaban J connectivity index is 1.77. The van der Waals surface area contributed by atoms with Crippen LogP contribution in [0.2, 0.25) is 0 Å². The molecule has 0 N–H and O–H groups in total. The van der Waals surface area contributed by atoms with E-state index in [4.69, 9.17) is 9.47 Å². The first-order chi connectivity index (χ1) is 13.6. The highest BCUT2D eigenvalue weighted by Crippen LogP contribution is 2.19. The van der Waals surface area contributed by atoms with Crippen molar-refractivity contribution in [2.24, 2.45) is 4.99 Å². The average molecular weight is 371 g/mol. The van der Waals surface area contributed by atoms with Crippen molar-refractivity contribution in [3.8, 4) is 5.75 Å². The molecule has 0 radical (unpaired) electrons. The third-order valence-electron chi connectivity index (χ3n) is 4.34. The molecule has 3 rings (SSSR count). The van der Waals surface area contributed by atoms with Gasteiger partial charge >= 0.3 is 0 Å². The molecule has 0 spiro atoms. The van der Waals surface area contributed by atoms with Crippen LogP contribution in [0.1, 0.15) is 22.3 Å². The second-order valence-corrected chi connectivity index (χ2v) is 6.74. The molecule has 0 amide bonds. The summed E-state index contributed by atoms with van der Waals surface area (Å²) in [4.78, 5) is 4.66. The lowest BCUT2D eigenvalue weighted by Gasteiger charge is -2.08. The van der Waals surface area contributed by atoms with Crippen LogP contribution in [0.3, 0.4) is 0 Å². The monoisotopic (exact) mass is 371 g/mol. The highest BCUT2D eigenvalue weighted by molar-refractivity contribution is 5.91. The molecule has 0 saturated carbocycles. The number of aliphatic imine (C=N–C) groups is 1. The minimum Gasteiger partial charge on any atom is -0.496 e. The molecule has 0 aliphatic heterocycles. The minimum atomic E-state index is 0.474. The largest absolute Gasteiger partial charge is 0.496 e. The SMILES string of the molecule is Cc1cccc(OC(C=COCc2ccccc2)=Nc2ccc(C)c(C)c2)c1. The van der Waals surface area contributed by atoms with Gasteiger partial charge in [-0.1, -0.05) is 48.5 Å². The molecule has 0 unspecified atom stereocenters. The Morgan fingerprint density at radius 1 is 0.857 bits per heavy atom. The van der Waals surface area contributed by atoms with Crippen molar-refractivity contribution < 1.29 is 9.47 Å². The molecule has 3 heteroatoms. The molecule has 0 saturated heterocycles. The maximum absolute atomic E-state index is 6.00. The molecule has 142 valence electrons. The Kier molecular flexibility index (Phi) is 6.64. The molecule has 3 aromatic carbocycles. The lowest BCUT2D eigenvalue weighted by molar-refractivity contribution is 0.236. The topological polar surface area (TPSA) is 30.8 Å². The van der Waals surface area contributed by atoms with E-state index in [1.165, 1.54) is 11.1 Å². The summed E-state index contributed by atoms with van der Waals surface area (Å²) < 4.78 is 11.7. The predicted octanol–water partition coefficient (Wildman–Crippen LogP) is 6.45. The van der Waals surface area contributed by atoms with Crippen LogP contribution in [0, 0.1) is 20.8 Å². The van der Waals surface area contributed by atoms with E-state index >= 15 is 0 Å². The Morgan fingerprint density at radius 3 is 2.43 bits per heavy atom. The third kappa shape index (κ3) is 5.85. The van der Waals surface area contributed by atoms with Gasteiger partial charge in [-0.2, -0.15) is 0 Å². The molecular weight excluding hydrogens is 346 g/mol. The first-order valence-corrected chi connectivity index (χ1v) is 9.33. The highest BCUT2D eigenvalue weighted by Gasteiger charge is 2.02. The van der Waals surface area contributed by atoms with Crippen LogP contribution in [-0.2, 0) is 11.3 Å². The number of benzene rings is 3. The molecule has 0 aliphatic carbocycles. The Hall–Kier alpha value is -3.33. The number of hydrogen-bond acceptors (Lipinski definition) is 3. The fourth-order valence-electron chi connectivity index (χ4n) is 2.64. The van der Waals surface area contributed by atoms with E-state index in [1.54, 1.807) is 12.3 Å². The fraction of sp³-hybridized carbons (Fsp3) is 0.160. The van der Waals surface area contributed by atoms with Gasteiger partial charge < -0.3 is 9.47 Å². The van der Waals surface area contributed by atoms with Crippen molar-refractivity contribution in [3.63, 3.8) is 0 Å². The van der Waals surface area contributed by atoms with E-state index in [1.807, 2.05) is 73.7 Å². The van der Waals surface area contributed by atoms with Crippen LogP contribution >= 0.6 is 0 Å². The molecule has 0 fully saturated rings. The van der Waals surface area contributed by atoms with Crippen LogP contribution in [-0.4, -0.2) is 5.90 Å². The van der Waals surface area contributed by atoms with Gasteiger partial charge in [0, 0.05) is 6.08 Å². The minimum absolute atomic E-state index is 0.474. The molecule has 0 atom stereocenters. The summed E-state index contributed by atoms with van der Waals surface area (Å²) >= 11 is 0. The zero-order valence-corrected chi connectivity index (χ0v) is 16.6. The van der Waals surface area contributed by atoms with Crippen molar-refractivity contribution in [3.05, 3.63) is 107 Å². The molecule has 0 heterocycles. The summed E-state index contributed by atoms with van der Waals surface area (Å²) in [6, 6.07) is 24.0. The number of nitrogens with zero attached hydrogens (tertiary/aromatic N) is 1. The molecule has 28 heavy (non-hydrogen) atoms. The van der Waals surface area contributed by atoms with Gasteiger partial charge in [0.15, 0.2) is 0 Å². The first kappa shape index (κ1) is 19.4. The van der Waals surface area contributed by atoms with Crippen molar-refractivity contribution in [2.45, 2.75) is 27.4 Å². The number of rotatable bonds is 6. The van der Waals surface area contributed by atoms with Crippen LogP contribution in [0.25, 0.3) is 0 Å². The molecule has 3 aromatic rings. The van der Waals surface area contributed by atoms with Crippen molar-refractivity contribution in [1.82, 2.24) is 0 Å². The van der Waals surface area contributed by atoms with E-state index in [0.717, 1.165) is 22.6 Å². The van der Waals surface area contributed by atoms with Gasteiger partial charge in [-0.15, -0.1) is 0 Å². The standard InChI is InChI=1S/C25H25NO2/c1-19-8-7-11-24(16-19)28-25(26-23-13-12-20(2)21(3)17-23)14-15-27-18-22-9-5-4-6-10-22/h4-17H,18H2,1-3H3. The predicted molar refractivity (Wildman–Crippen MR) is 115 cm³/mol. The van der Waals surface area contributed by atoms with Crippen LogP contribution in [0.5, 0.6) is 5.75 Å². The molecular formula is C25H25NO2. The van der Waals surface area contributed by atoms with E-state index < -0.39 is 0 Å². The molecule has 0 aromatic heterocycles. The van der Waals surface area contributed by atoms with E-state index in [2.05, 4.69) is 24.9 Å². The Morgan fingerprint density at radius 2 is 1.68 bits per heavy atom. The maximum atomic E-state index is 6.00. The molecule has 0 bridgehead atoms. The lowest BCUT2D eigenvalue weighted by atomic mass is 10.1. The first-order valence-electron chi connectivity index (χ1n) is 9.33. The van der Waals surface area contributed by atoms with E-state index in [9.17, 15) is 0 Å². The van der Waals surface area contributed by atoms with Crippen LogP contribution < -0.4 is 4.74 Å². The Bertz CT molecular complexity index is 975.